The molecule has 1 atom stereocenters. The summed E-state index contributed by atoms with van der Waals surface area (Å²) in [4.78, 5) is 24.4. The van der Waals surface area contributed by atoms with Crippen molar-refractivity contribution in [1.82, 2.24) is 9.88 Å². The van der Waals surface area contributed by atoms with E-state index in [4.69, 9.17) is 0 Å². The predicted molar refractivity (Wildman–Crippen MR) is 92.8 cm³/mol. The number of nitrogens with zero attached hydrogens (tertiary/aromatic N) is 1. The van der Waals surface area contributed by atoms with Gasteiger partial charge in [-0.1, -0.05) is 24.3 Å². The van der Waals surface area contributed by atoms with Crippen LogP contribution in [0.5, 0.6) is 0 Å². The molecule has 5 nitrogen and oxygen atoms in total. The number of carbonyl (C=O) groups is 2. The Balaban J connectivity index is 1.54. The Hall–Kier alpha value is -3.08. The lowest BCUT2D eigenvalue weighted by Crippen LogP contribution is -2.24. The minimum Gasteiger partial charge on any atom is -0.350 e. The lowest BCUT2D eigenvalue weighted by atomic mass is 10.0. The third-order valence-corrected chi connectivity index (χ3v) is 4.48. The molecule has 0 unspecified atom stereocenters. The number of carbonyl (C=O) groups excluding carboxylic acids is 2. The monoisotopic (exact) mass is 319 g/mol. The van der Waals surface area contributed by atoms with Crippen molar-refractivity contribution in [3.8, 4) is 0 Å². The molecule has 0 radical (unpaired) electrons. The van der Waals surface area contributed by atoms with E-state index in [1.165, 1.54) is 0 Å². The van der Waals surface area contributed by atoms with Crippen LogP contribution in [-0.4, -0.2) is 16.4 Å². The van der Waals surface area contributed by atoms with Crippen molar-refractivity contribution in [1.29, 1.82) is 0 Å². The van der Waals surface area contributed by atoms with Gasteiger partial charge < -0.3 is 15.2 Å². The van der Waals surface area contributed by atoms with Crippen molar-refractivity contribution in [3.05, 3.63) is 65.9 Å². The second-order valence-electron chi connectivity index (χ2n) is 6.03. The first-order valence-electron chi connectivity index (χ1n) is 7.87. The number of hydrogen-bond donors (Lipinski definition) is 2. The average Bonchev–Trinajstić information content (AvgIpc) is 3.10. The normalized spacial score (nSPS) is 16.0. The molecule has 1 aliphatic heterocycles. The molecule has 2 amide bonds. The summed E-state index contributed by atoms with van der Waals surface area (Å²) in [6.45, 7) is 0. The molecule has 1 aliphatic rings. The van der Waals surface area contributed by atoms with E-state index in [1.807, 2.05) is 60.3 Å². The molecule has 5 heteroatoms. The number of amides is 2. The van der Waals surface area contributed by atoms with Crippen molar-refractivity contribution >= 4 is 28.4 Å². The molecule has 120 valence electrons. The standard InChI is InChI=1S/C19H17N3O2/c1-22-10-9-14-15(7-4-8-17(14)22)20-18(23)11-16-12-5-2-3-6-13(12)19(24)21-16/h2-10,16H,11H2,1H3,(H,20,23)(H,21,24)/t16-/m0/s1. The van der Waals surface area contributed by atoms with Crippen molar-refractivity contribution < 1.29 is 9.59 Å². The van der Waals surface area contributed by atoms with Gasteiger partial charge in [0.1, 0.15) is 0 Å². The number of nitrogens with one attached hydrogen (secondary N) is 2. The Kier molecular flexibility index (Phi) is 3.34. The van der Waals surface area contributed by atoms with Gasteiger partial charge in [-0.3, -0.25) is 9.59 Å². The topological polar surface area (TPSA) is 63.1 Å². The Morgan fingerprint density at radius 3 is 2.88 bits per heavy atom. The summed E-state index contributed by atoms with van der Waals surface area (Å²) in [6, 6.07) is 14.9. The maximum atomic E-state index is 12.5. The van der Waals surface area contributed by atoms with Gasteiger partial charge in [0, 0.05) is 29.7 Å². The molecule has 0 saturated carbocycles. The largest absolute Gasteiger partial charge is 0.350 e. The minimum absolute atomic E-state index is 0.117. The maximum Gasteiger partial charge on any atom is 0.252 e. The van der Waals surface area contributed by atoms with Crippen LogP contribution in [0.2, 0.25) is 0 Å². The van der Waals surface area contributed by atoms with Crippen LogP contribution in [0, 0.1) is 0 Å². The second-order valence-corrected chi connectivity index (χ2v) is 6.03. The molecule has 0 saturated heterocycles. The number of benzene rings is 2. The van der Waals surface area contributed by atoms with Gasteiger partial charge in [0.05, 0.1) is 18.2 Å². The lowest BCUT2D eigenvalue weighted by molar-refractivity contribution is -0.116. The maximum absolute atomic E-state index is 12.5. The molecule has 0 spiro atoms. The minimum atomic E-state index is -0.274. The van der Waals surface area contributed by atoms with E-state index < -0.39 is 0 Å². The summed E-state index contributed by atoms with van der Waals surface area (Å²) < 4.78 is 2.01. The molecule has 2 N–H and O–H groups in total. The van der Waals surface area contributed by atoms with Crippen LogP contribution in [-0.2, 0) is 11.8 Å². The Morgan fingerprint density at radius 1 is 1.17 bits per heavy atom. The van der Waals surface area contributed by atoms with Crippen molar-refractivity contribution in [3.63, 3.8) is 0 Å². The summed E-state index contributed by atoms with van der Waals surface area (Å²) >= 11 is 0. The third-order valence-electron chi connectivity index (χ3n) is 4.48. The van der Waals surface area contributed by atoms with Gasteiger partial charge in [-0.25, -0.2) is 0 Å². The van der Waals surface area contributed by atoms with Gasteiger partial charge in [0.15, 0.2) is 0 Å². The highest BCUT2D eigenvalue weighted by Crippen LogP contribution is 2.29. The van der Waals surface area contributed by atoms with Crippen LogP contribution in [0.1, 0.15) is 28.4 Å². The zero-order chi connectivity index (χ0) is 16.7. The number of fused-ring (bicyclic) bond motifs is 2. The molecule has 0 fully saturated rings. The predicted octanol–water partition coefficient (Wildman–Crippen LogP) is 2.99. The van der Waals surface area contributed by atoms with Crippen molar-refractivity contribution in [2.24, 2.45) is 7.05 Å². The third kappa shape index (κ3) is 2.34. The number of anilines is 1. The lowest BCUT2D eigenvalue weighted by Gasteiger charge is -2.12. The van der Waals surface area contributed by atoms with E-state index >= 15 is 0 Å². The summed E-state index contributed by atoms with van der Waals surface area (Å²) in [6.07, 6.45) is 2.18. The highest BCUT2D eigenvalue weighted by atomic mass is 16.2. The molecule has 0 bridgehead atoms. The van der Waals surface area contributed by atoms with Gasteiger partial charge in [0.25, 0.3) is 5.91 Å². The molecule has 3 aromatic rings. The summed E-state index contributed by atoms with van der Waals surface area (Å²) in [5.74, 6) is -0.234. The average molecular weight is 319 g/mol. The fourth-order valence-electron chi connectivity index (χ4n) is 3.28. The molecule has 4 rings (SSSR count). The molecule has 2 heterocycles. The zero-order valence-corrected chi connectivity index (χ0v) is 13.2. The zero-order valence-electron chi connectivity index (χ0n) is 13.2. The van der Waals surface area contributed by atoms with E-state index in [2.05, 4.69) is 10.6 Å². The first-order chi connectivity index (χ1) is 11.6. The Labute approximate surface area is 139 Å². The number of aromatic nitrogens is 1. The first kappa shape index (κ1) is 14.5. The fourth-order valence-corrected chi connectivity index (χ4v) is 3.28. The molecule has 0 aliphatic carbocycles. The smallest absolute Gasteiger partial charge is 0.252 e. The first-order valence-corrected chi connectivity index (χ1v) is 7.87. The Morgan fingerprint density at radius 2 is 2.00 bits per heavy atom. The molecule has 1 aromatic heterocycles. The van der Waals surface area contributed by atoms with E-state index in [0.29, 0.717) is 5.56 Å². The quantitative estimate of drug-likeness (QED) is 0.779. The second kappa shape index (κ2) is 5.53. The van der Waals surface area contributed by atoms with Crippen molar-refractivity contribution in [2.45, 2.75) is 12.5 Å². The van der Waals surface area contributed by atoms with Gasteiger partial charge in [-0.2, -0.15) is 0 Å². The Bertz CT molecular complexity index is 958. The summed E-state index contributed by atoms with van der Waals surface area (Å²) in [5.41, 5.74) is 3.39. The fraction of sp³-hybridized carbons (Fsp3) is 0.158. The van der Waals surface area contributed by atoms with E-state index in [1.54, 1.807) is 6.07 Å². The van der Waals surface area contributed by atoms with Crippen molar-refractivity contribution in [2.75, 3.05) is 5.32 Å². The van der Waals surface area contributed by atoms with Crippen LogP contribution in [0.15, 0.2) is 54.7 Å². The number of aryl methyl sites for hydroxylation is 1. The van der Waals surface area contributed by atoms with Gasteiger partial charge in [0.2, 0.25) is 5.91 Å². The van der Waals surface area contributed by atoms with Crippen LogP contribution in [0.3, 0.4) is 0 Å². The van der Waals surface area contributed by atoms with Crippen LogP contribution >= 0.6 is 0 Å². The highest BCUT2D eigenvalue weighted by molar-refractivity contribution is 6.03. The number of rotatable bonds is 3. The molecule has 24 heavy (non-hydrogen) atoms. The van der Waals surface area contributed by atoms with Crippen LogP contribution in [0.4, 0.5) is 5.69 Å². The molecular formula is C19H17N3O2. The van der Waals surface area contributed by atoms with E-state index in [9.17, 15) is 9.59 Å². The van der Waals surface area contributed by atoms with E-state index in [-0.39, 0.29) is 24.3 Å². The van der Waals surface area contributed by atoms with Crippen LogP contribution < -0.4 is 10.6 Å². The van der Waals surface area contributed by atoms with Gasteiger partial charge >= 0.3 is 0 Å². The molecular weight excluding hydrogens is 302 g/mol. The van der Waals surface area contributed by atoms with Gasteiger partial charge in [-0.15, -0.1) is 0 Å². The summed E-state index contributed by atoms with van der Waals surface area (Å²) in [7, 11) is 1.97. The number of hydrogen-bond acceptors (Lipinski definition) is 2. The van der Waals surface area contributed by atoms with Crippen LogP contribution in [0.25, 0.3) is 10.9 Å². The SMILES string of the molecule is Cn1ccc2c(NC(=O)C[C@@H]3NC(=O)c4ccccc43)cccc21. The highest BCUT2D eigenvalue weighted by Gasteiger charge is 2.29. The summed E-state index contributed by atoms with van der Waals surface area (Å²) in [5, 5.41) is 6.84. The molecule has 2 aromatic carbocycles. The van der Waals surface area contributed by atoms with E-state index in [0.717, 1.165) is 22.2 Å². The van der Waals surface area contributed by atoms with Gasteiger partial charge in [-0.05, 0) is 29.8 Å².